The van der Waals surface area contributed by atoms with Crippen LogP contribution in [0.4, 0.5) is 0 Å². The van der Waals surface area contributed by atoms with Gasteiger partial charge in [-0.3, -0.25) is 14.5 Å². The summed E-state index contributed by atoms with van der Waals surface area (Å²) in [5, 5.41) is 2.87. The molecule has 0 spiro atoms. The van der Waals surface area contributed by atoms with Gasteiger partial charge < -0.3 is 19.5 Å². The molecule has 7 heteroatoms. The smallest absolute Gasteiger partial charge is 0.231 e. The van der Waals surface area contributed by atoms with E-state index in [0.29, 0.717) is 42.4 Å². The summed E-state index contributed by atoms with van der Waals surface area (Å²) in [6.45, 7) is 2.90. The molecule has 0 radical (unpaired) electrons. The lowest BCUT2D eigenvalue weighted by Crippen LogP contribution is -2.52. The number of hydrogen-bond acceptors (Lipinski definition) is 6. The number of hydrogen-bond donors (Lipinski definition) is 1. The average molecular weight is 417 g/mol. The highest BCUT2D eigenvalue weighted by molar-refractivity contribution is 5.90. The number of Topliss-reactive ketones (excluding diaryl/α,β-unsaturated/α-hetero) is 1. The molecular formula is C23H32N2O5. The number of rotatable bonds is 8. The van der Waals surface area contributed by atoms with Crippen molar-refractivity contribution in [2.45, 2.75) is 63.5 Å². The molecule has 2 aliphatic heterocycles. The second kappa shape index (κ2) is 8.46. The Bertz CT molecular complexity index is 820. The highest BCUT2D eigenvalue weighted by Crippen LogP contribution is 2.50. The minimum absolute atomic E-state index is 0.0804. The lowest BCUT2D eigenvalue weighted by Gasteiger charge is -2.40. The van der Waals surface area contributed by atoms with Crippen molar-refractivity contribution < 1.29 is 23.8 Å². The van der Waals surface area contributed by atoms with Crippen LogP contribution in [0.25, 0.3) is 0 Å². The number of methoxy groups -OCH3 is 1. The van der Waals surface area contributed by atoms with E-state index in [4.69, 9.17) is 14.2 Å². The maximum Gasteiger partial charge on any atom is 0.231 e. The number of ether oxygens (including phenoxy) is 3. The second-order valence-corrected chi connectivity index (χ2v) is 9.04. The minimum Gasteiger partial charge on any atom is -0.492 e. The Morgan fingerprint density at radius 3 is 2.83 bits per heavy atom. The fraction of sp³-hybridized carbons (Fsp3) is 0.652. The van der Waals surface area contributed by atoms with Crippen molar-refractivity contribution in [1.29, 1.82) is 0 Å². The van der Waals surface area contributed by atoms with Crippen molar-refractivity contribution >= 4 is 12.2 Å². The van der Waals surface area contributed by atoms with Crippen molar-refractivity contribution in [2.75, 3.05) is 27.5 Å². The van der Waals surface area contributed by atoms with Gasteiger partial charge in [-0.05, 0) is 44.4 Å². The number of fused-ring (bicyclic) bond motifs is 2. The number of benzene rings is 1. The predicted molar refractivity (Wildman–Crippen MR) is 112 cm³/mol. The van der Waals surface area contributed by atoms with Crippen LogP contribution in [0.15, 0.2) is 6.07 Å². The van der Waals surface area contributed by atoms with E-state index in [1.165, 1.54) is 12.8 Å². The molecule has 0 aromatic heterocycles. The molecule has 1 aromatic rings. The summed E-state index contributed by atoms with van der Waals surface area (Å²) >= 11 is 0. The topological polar surface area (TPSA) is 77.1 Å². The van der Waals surface area contributed by atoms with Gasteiger partial charge in [0.15, 0.2) is 17.3 Å². The molecule has 0 saturated heterocycles. The highest BCUT2D eigenvalue weighted by atomic mass is 16.7. The Kier molecular flexibility index (Phi) is 5.91. The van der Waals surface area contributed by atoms with Crippen LogP contribution in [0.5, 0.6) is 17.2 Å². The Morgan fingerprint density at radius 1 is 1.37 bits per heavy atom. The lowest BCUT2D eigenvalue weighted by atomic mass is 9.79. The molecule has 1 aliphatic carbocycles. The molecule has 7 nitrogen and oxygen atoms in total. The molecule has 2 atom stereocenters. The fourth-order valence-electron chi connectivity index (χ4n) is 5.26. The zero-order valence-electron chi connectivity index (χ0n) is 18.2. The third-order valence-corrected chi connectivity index (χ3v) is 7.09. The van der Waals surface area contributed by atoms with Gasteiger partial charge >= 0.3 is 0 Å². The maximum atomic E-state index is 13.3. The molecule has 3 aliphatic rings. The summed E-state index contributed by atoms with van der Waals surface area (Å²) < 4.78 is 17.0. The van der Waals surface area contributed by atoms with Crippen molar-refractivity contribution in [3.05, 3.63) is 17.2 Å². The maximum absolute atomic E-state index is 13.3. The number of ketones is 1. The molecule has 1 aromatic carbocycles. The summed E-state index contributed by atoms with van der Waals surface area (Å²) in [4.78, 5) is 27.0. The van der Waals surface area contributed by atoms with Crippen LogP contribution in [-0.4, -0.2) is 50.1 Å². The fourth-order valence-corrected chi connectivity index (χ4v) is 5.26. The lowest BCUT2D eigenvalue weighted by molar-refractivity contribution is -0.129. The summed E-state index contributed by atoms with van der Waals surface area (Å²) in [7, 11) is 3.69. The van der Waals surface area contributed by atoms with Gasteiger partial charge in [0, 0.05) is 24.6 Å². The SMILES string of the molecule is COc1c2c(cc3c1[C@@H](C[C@@](C)(NC=O)C(=O)CC1CCCC1)N(C)CC3)OCO2. The molecule has 1 saturated carbocycles. The van der Waals surface area contributed by atoms with Gasteiger partial charge in [-0.15, -0.1) is 0 Å². The Morgan fingerprint density at radius 2 is 2.13 bits per heavy atom. The molecule has 2 heterocycles. The van der Waals surface area contributed by atoms with Gasteiger partial charge in [0.05, 0.1) is 12.6 Å². The second-order valence-electron chi connectivity index (χ2n) is 9.04. The average Bonchev–Trinajstić information content (AvgIpc) is 3.40. The molecule has 30 heavy (non-hydrogen) atoms. The monoisotopic (exact) mass is 416 g/mol. The van der Waals surface area contributed by atoms with Crippen molar-refractivity contribution in [1.82, 2.24) is 10.2 Å². The van der Waals surface area contributed by atoms with E-state index < -0.39 is 5.54 Å². The molecule has 1 N–H and O–H groups in total. The highest BCUT2D eigenvalue weighted by Gasteiger charge is 2.42. The van der Waals surface area contributed by atoms with E-state index in [2.05, 4.69) is 17.3 Å². The van der Waals surface area contributed by atoms with Gasteiger partial charge in [0.2, 0.25) is 19.0 Å². The number of nitrogens with zero attached hydrogens (tertiary/aromatic N) is 1. The molecule has 4 rings (SSSR count). The first-order valence-electron chi connectivity index (χ1n) is 10.9. The molecule has 0 bridgehead atoms. The first-order chi connectivity index (χ1) is 14.5. The van der Waals surface area contributed by atoms with Crippen molar-refractivity contribution in [2.24, 2.45) is 5.92 Å². The first-order valence-corrected chi connectivity index (χ1v) is 10.9. The van der Waals surface area contributed by atoms with Gasteiger partial charge in [0.1, 0.15) is 0 Å². The minimum atomic E-state index is -0.931. The number of carbonyl (C=O) groups excluding carboxylic acids is 2. The molecule has 1 fully saturated rings. The van der Waals surface area contributed by atoms with Crippen LogP contribution in [0, 0.1) is 5.92 Å². The normalized spacial score (nSPS) is 23.0. The largest absolute Gasteiger partial charge is 0.492 e. The summed E-state index contributed by atoms with van der Waals surface area (Å²) in [6, 6.07) is 1.95. The van der Waals surface area contributed by atoms with E-state index in [1.54, 1.807) is 7.11 Å². The quantitative estimate of drug-likeness (QED) is 0.657. The number of amides is 1. The van der Waals surface area contributed by atoms with Crippen LogP contribution in [0.1, 0.15) is 62.6 Å². The van der Waals surface area contributed by atoms with E-state index in [9.17, 15) is 9.59 Å². The number of nitrogens with one attached hydrogen (secondary N) is 1. The molecule has 164 valence electrons. The van der Waals surface area contributed by atoms with E-state index in [1.807, 2.05) is 13.0 Å². The van der Waals surface area contributed by atoms with Crippen molar-refractivity contribution in [3.63, 3.8) is 0 Å². The van der Waals surface area contributed by atoms with E-state index in [-0.39, 0.29) is 18.6 Å². The third-order valence-electron chi connectivity index (χ3n) is 7.09. The number of carbonyl (C=O) groups is 2. The predicted octanol–water partition coefficient (Wildman–Crippen LogP) is 3.00. The van der Waals surface area contributed by atoms with Crippen LogP contribution < -0.4 is 19.5 Å². The van der Waals surface area contributed by atoms with Gasteiger partial charge in [-0.25, -0.2) is 0 Å². The standard InChI is InChI=1S/C23H32N2O5/c1-23(24-13-26,19(27)10-15-6-4-5-7-15)12-17-20-16(8-9-25(17)2)11-18-21(22(20)28-3)30-14-29-18/h11,13,15,17H,4-10,12,14H2,1-3H3,(H,24,26)/t17-,23-/m1/s1. The summed E-state index contributed by atoms with van der Waals surface area (Å²) in [6.07, 6.45) is 7.13. The Hall–Kier alpha value is -2.28. The van der Waals surface area contributed by atoms with Gasteiger partial charge in [-0.2, -0.15) is 0 Å². The Labute approximate surface area is 178 Å². The van der Waals surface area contributed by atoms with Crippen LogP contribution in [0.3, 0.4) is 0 Å². The summed E-state index contributed by atoms with van der Waals surface area (Å²) in [5.41, 5.74) is 1.25. The Balaban J connectivity index is 1.67. The number of likely N-dealkylation sites (N-methyl/N-ethyl adjacent to an activating group) is 1. The molecular weight excluding hydrogens is 384 g/mol. The van der Waals surface area contributed by atoms with Gasteiger partial charge in [-0.1, -0.05) is 25.7 Å². The van der Waals surface area contributed by atoms with E-state index in [0.717, 1.165) is 36.9 Å². The zero-order valence-corrected chi connectivity index (χ0v) is 18.2. The van der Waals surface area contributed by atoms with Crippen LogP contribution in [0.2, 0.25) is 0 Å². The summed E-state index contributed by atoms with van der Waals surface area (Å²) in [5.74, 6) is 2.55. The van der Waals surface area contributed by atoms with Crippen molar-refractivity contribution in [3.8, 4) is 17.2 Å². The molecule has 0 unspecified atom stereocenters. The molecule has 1 amide bonds. The van der Waals surface area contributed by atoms with Gasteiger partial charge in [0.25, 0.3) is 0 Å². The van der Waals surface area contributed by atoms with Crippen LogP contribution in [-0.2, 0) is 16.0 Å². The van der Waals surface area contributed by atoms with E-state index >= 15 is 0 Å². The zero-order chi connectivity index (χ0) is 21.3. The first kappa shape index (κ1) is 21.0. The third kappa shape index (κ3) is 3.75. The van der Waals surface area contributed by atoms with Crippen LogP contribution >= 0.6 is 0 Å².